The summed E-state index contributed by atoms with van der Waals surface area (Å²) in [6, 6.07) is 0. The van der Waals surface area contributed by atoms with Crippen molar-refractivity contribution in [1.82, 2.24) is 0 Å². The molecule has 0 spiro atoms. The number of aliphatic hydroxyl groups is 7. The van der Waals surface area contributed by atoms with Gasteiger partial charge in [0.2, 0.25) is 0 Å². The van der Waals surface area contributed by atoms with Crippen molar-refractivity contribution in [2.75, 3.05) is 20.3 Å². The van der Waals surface area contributed by atoms with Crippen LogP contribution >= 0.6 is 0 Å². The average Bonchev–Trinajstić information content (AvgIpc) is 3.18. The van der Waals surface area contributed by atoms with Crippen molar-refractivity contribution >= 4 is 0 Å². The fourth-order valence-electron chi connectivity index (χ4n) is 10.1. The summed E-state index contributed by atoms with van der Waals surface area (Å²) in [6.07, 6.45) is 1.36. The Morgan fingerprint density at radius 1 is 1.00 bits per heavy atom. The lowest BCUT2D eigenvalue weighted by Crippen LogP contribution is -2.66. The maximum Gasteiger partial charge on any atom is 0.187 e. The van der Waals surface area contributed by atoms with Crippen LogP contribution in [0.25, 0.3) is 0 Å². The number of allylic oxidation sites excluding steroid dienone is 2. The monoisotopic (exact) mass is 624 g/mol. The summed E-state index contributed by atoms with van der Waals surface area (Å²) in [5.74, 6) is -0.895. The first kappa shape index (κ1) is 34.4. The lowest BCUT2D eigenvalue weighted by Gasteiger charge is -2.63. The Morgan fingerprint density at radius 3 is 2.36 bits per heavy atom. The van der Waals surface area contributed by atoms with Gasteiger partial charge in [-0.25, -0.2) is 0 Å². The molecule has 4 fully saturated rings. The third-order valence-corrected chi connectivity index (χ3v) is 12.7. The van der Waals surface area contributed by atoms with Crippen LogP contribution in [0.1, 0.15) is 66.7 Å². The zero-order valence-electron chi connectivity index (χ0n) is 27.1. The van der Waals surface area contributed by atoms with E-state index >= 15 is 0 Å². The molecule has 0 amide bonds. The highest BCUT2D eigenvalue weighted by Gasteiger charge is 2.72. The lowest BCUT2D eigenvalue weighted by atomic mass is 9.43. The Kier molecular flexibility index (Phi) is 9.85. The van der Waals surface area contributed by atoms with Crippen LogP contribution in [0, 0.1) is 46.3 Å². The van der Waals surface area contributed by atoms with Gasteiger partial charge in [0.1, 0.15) is 18.3 Å². The molecule has 10 heteroatoms. The molecular weight excluding hydrogens is 568 g/mol. The van der Waals surface area contributed by atoms with Crippen LogP contribution in [0.4, 0.5) is 0 Å². The summed E-state index contributed by atoms with van der Waals surface area (Å²) < 4.78 is 17.2. The molecule has 1 saturated heterocycles. The molecule has 252 valence electrons. The number of hydrogen-bond donors (Lipinski definition) is 7. The summed E-state index contributed by atoms with van der Waals surface area (Å²) in [7, 11) is 1.43. The van der Waals surface area contributed by atoms with Gasteiger partial charge in [-0.1, -0.05) is 52.8 Å². The van der Waals surface area contributed by atoms with E-state index in [2.05, 4.69) is 39.8 Å². The minimum Gasteiger partial charge on any atom is -0.396 e. The Labute approximate surface area is 261 Å². The molecule has 0 bridgehead atoms. The predicted octanol–water partition coefficient (Wildman–Crippen LogP) is 1.53. The molecule has 4 aliphatic carbocycles. The molecule has 1 heterocycles. The second-order valence-electron chi connectivity index (χ2n) is 15.3. The number of rotatable bonds is 8. The Hall–Kier alpha value is -0.920. The Bertz CT molecular complexity index is 1080. The zero-order chi connectivity index (χ0) is 32.4. The van der Waals surface area contributed by atoms with E-state index in [1.165, 1.54) is 7.11 Å². The van der Waals surface area contributed by atoms with Crippen LogP contribution in [0.15, 0.2) is 23.8 Å². The van der Waals surface area contributed by atoms with Crippen molar-refractivity contribution in [3.63, 3.8) is 0 Å². The summed E-state index contributed by atoms with van der Waals surface area (Å²) in [6.45, 7) is 10.3. The van der Waals surface area contributed by atoms with Crippen molar-refractivity contribution < 1.29 is 50.0 Å². The summed E-state index contributed by atoms with van der Waals surface area (Å²) in [5.41, 5.74) is -1.65. The van der Waals surface area contributed by atoms with Crippen LogP contribution < -0.4 is 0 Å². The molecule has 17 atom stereocenters. The molecule has 44 heavy (non-hydrogen) atoms. The third kappa shape index (κ3) is 5.45. The SMILES string of the molecule is COC1C(OC2C=C3C(O)CC4(O)C(CCC5(C)C(C(C)C=CC(C)C(C)CO)C(O)C(O)C54)C3(C)CC2)OCC(O)C1O. The highest BCUT2D eigenvalue weighted by molar-refractivity contribution is 5.33. The summed E-state index contributed by atoms with van der Waals surface area (Å²) in [5, 5.41) is 77.3. The van der Waals surface area contributed by atoms with E-state index in [4.69, 9.17) is 14.2 Å². The minimum atomic E-state index is -1.38. The summed E-state index contributed by atoms with van der Waals surface area (Å²) in [4.78, 5) is 0. The van der Waals surface area contributed by atoms with Crippen LogP contribution in [0.3, 0.4) is 0 Å². The van der Waals surface area contributed by atoms with Gasteiger partial charge in [0.15, 0.2) is 6.29 Å². The maximum absolute atomic E-state index is 12.6. The summed E-state index contributed by atoms with van der Waals surface area (Å²) >= 11 is 0. The fraction of sp³-hybridized carbons (Fsp3) is 0.882. The Balaban J connectivity index is 1.39. The quantitative estimate of drug-likeness (QED) is 0.197. The van der Waals surface area contributed by atoms with Crippen molar-refractivity contribution in [1.29, 1.82) is 0 Å². The first-order valence-electron chi connectivity index (χ1n) is 16.6. The van der Waals surface area contributed by atoms with E-state index in [9.17, 15) is 35.7 Å². The van der Waals surface area contributed by atoms with Crippen molar-refractivity contribution in [3.05, 3.63) is 23.8 Å². The van der Waals surface area contributed by atoms with Gasteiger partial charge in [0.05, 0.1) is 36.6 Å². The van der Waals surface area contributed by atoms with Gasteiger partial charge in [-0.15, -0.1) is 0 Å². The minimum absolute atomic E-state index is 0.0589. The van der Waals surface area contributed by atoms with Crippen molar-refractivity contribution in [2.45, 2.75) is 121 Å². The highest BCUT2D eigenvalue weighted by atomic mass is 16.7. The molecule has 5 rings (SSSR count). The van der Waals surface area contributed by atoms with Gasteiger partial charge in [0, 0.05) is 26.1 Å². The van der Waals surface area contributed by atoms with E-state index in [1.54, 1.807) is 0 Å². The molecule has 0 aromatic rings. The fourth-order valence-corrected chi connectivity index (χ4v) is 10.1. The first-order chi connectivity index (χ1) is 20.6. The number of methoxy groups -OCH3 is 1. The normalized spacial score (nSPS) is 51.2. The number of ether oxygens (including phenoxy) is 3. The molecule has 7 N–H and O–H groups in total. The molecule has 0 aromatic heterocycles. The first-order valence-corrected chi connectivity index (χ1v) is 16.6. The molecule has 10 nitrogen and oxygen atoms in total. The average molecular weight is 625 g/mol. The van der Waals surface area contributed by atoms with Gasteiger partial charge < -0.3 is 50.0 Å². The van der Waals surface area contributed by atoms with Gasteiger partial charge >= 0.3 is 0 Å². The second-order valence-corrected chi connectivity index (χ2v) is 15.3. The lowest BCUT2D eigenvalue weighted by molar-refractivity contribution is -0.285. The smallest absolute Gasteiger partial charge is 0.187 e. The molecule has 1 aliphatic heterocycles. The van der Waals surface area contributed by atoms with Crippen LogP contribution in [-0.2, 0) is 14.2 Å². The van der Waals surface area contributed by atoms with Crippen molar-refractivity contribution in [2.24, 2.45) is 46.3 Å². The van der Waals surface area contributed by atoms with Gasteiger partial charge in [-0.3, -0.25) is 0 Å². The largest absolute Gasteiger partial charge is 0.396 e. The molecule has 0 aromatic carbocycles. The maximum atomic E-state index is 12.6. The highest BCUT2D eigenvalue weighted by Crippen LogP contribution is 2.69. The molecule has 3 saturated carbocycles. The zero-order valence-corrected chi connectivity index (χ0v) is 27.1. The molecule has 17 unspecified atom stereocenters. The van der Waals surface area contributed by atoms with Crippen molar-refractivity contribution in [3.8, 4) is 0 Å². The molecule has 0 radical (unpaired) electrons. The van der Waals surface area contributed by atoms with E-state index in [0.717, 1.165) is 12.0 Å². The third-order valence-electron chi connectivity index (χ3n) is 12.7. The second kappa shape index (κ2) is 12.6. The van der Waals surface area contributed by atoms with E-state index in [1.807, 2.05) is 13.0 Å². The molecular formula is C34H56O10. The van der Waals surface area contributed by atoms with Crippen LogP contribution in [0.2, 0.25) is 0 Å². The van der Waals surface area contributed by atoms with E-state index in [-0.39, 0.29) is 49.2 Å². The van der Waals surface area contributed by atoms with Gasteiger partial charge in [0.25, 0.3) is 0 Å². The standard InChI is InChI=1S/C34H56O10/c1-17(19(3)15-35)7-8-18(2)25-27(39)28(40)30-33(25,5)12-10-24-32(4)11-9-20(13-21(32)22(36)14-34(24,30)41)44-31-29(42-6)26(38)23(37)16-43-31/h7-8,13,17-20,22-31,35-41H,9-12,14-16H2,1-6H3. The van der Waals surface area contributed by atoms with Gasteiger partial charge in [-0.05, 0) is 71.7 Å². The van der Waals surface area contributed by atoms with Crippen LogP contribution in [-0.4, -0.2) is 111 Å². The van der Waals surface area contributed by atoms with Gasteiger partial charge in [-0.2, -0.15) is 0 Å². The molecule has 5 aliphatic rings. The van der Waals surface area contributed by atoms with E-state index < -0.39 is 71.4 Å². The topological polar surface area (TPSA) is 169 Å². The number of hydrogen-bond acceptors (Lipinski definition) is 10. The van der Waals surface area contributed by atoms with Crippen LogP contribution in [0.5, 0.6) is 0 Å². The number of aliphatic hydroxyl groups excluding tert-OH is 6. The Morgan fingerprint density at radius 2 is 1.70 bits per heavy atom. The predicted molar refractivity (Wildman–Crippen MR) is 162 cm³/mol. The number of fused-ring (bicyclic) bond motifs is 5. The van der Waals surface area contributed by atoms with E-state index in [0.29, 0.717) is 19.3 Å².